The Hall–Kier alpha value is -0.300. The van der Waals surface area contributed by atoms with Crippen molar-refractivity contribution in [3.05, 3.63) is 12.2 Å². The average Bonchev–Trinajstić information content (AvgIpc) is 2.17. The molecule has 0 aromatic heterocycles. The van der Waals surface area contributed by atoms with Gasteiger partial charge in [-0.15, -0.1) is 6.58 Å². The largest absolute Gasteiger partial charge is 0.300 e. The van der Waals surface area contributed by atoms with Gasteiger partial charge < -0.3 is 4.90 Å². The molecule has 0 N–H and O–H groups in total. The second kappa shape index (κ2) is 7.99. The summed E-state index contributed by atoms with van der Waals surface area (Å²) in [6, 6.07) is 0.885. The Labute approximate surface area is 115 Å². The Balaban J connectivity index is 2.29. The summed E-state index contributed by atoms with van der Waals surface area (Å²) in [7, 11) is 0. The lowest BCUT2D eigenvalue weighted by Gasteiger charge is -2.38. The van der Waals surface area contributed by atoms with E-state index in [2.05, 4.69) is 39.2 Å². The lowest BCUT2D eigenvalue weighted by molar-refractivity contribution is 0.120. The summed E-state index contributed by atoms with van der Waals surface area (Å²) in [4.78, 5) is 2.73. The lowest BCUT2D eigenvalue weighted by Crippen LogP contribution is -2.41. The first-order valence-corrected chi connectivity index (χ1v) is 7.87. The maximum absolute atomic E-state index is 4.04. The molecule has 1 fully saturated rings. The summed E-state index contributed by atoms with van der Waals surface area (Å²) in [5.41, 5.74) is 1.33. The molecule has 0 aromatic carbocycles. The Bertz CT molecular complexity index is 240. The van der Waals surface area contributed by atoms with E-state index in [1.54, 1.807) is 0 Å². The fraction of sp³-hybridized carbons (Fsp3) is 0.882. The fourth-order valence-corrected chi connectivity index (χ4v) is 2.87. The predicted octanol–water partition coefficient (Wildman–Crippen LogP) is 4.88. The van der Waals surface area contributed by atoms with E-state index in [9.17, 15) is 0 Å². The summed E-state index contributed by atoms with van der Waals surface area (Å²) in [5, 5.41) is 0. The maximum Gasteiger partial charge on any atom is 0.00954 e. The third kappa shape index (κ3) is 6.04. The van der Waals surface area contributed by atoms with Gasteiger partial charge in [0.1, 0.15) is 0 Å². The van der Waals surface area contributed by atoms with Gasteiger partial charge in [-0.25, -0.2) is 0 Å². The van der Waals surface area contributed by atoms with Crippen LogP contribution in [0.2, 0.25) is 0 Å². The van der Waals surface area contributed by atoms with Crippen LogP contribution < -0.4 is 0 Å². The van der Waals surface area contributed by atoms with Crippen molar-refractivity contribution in [3.8, 4) is 0 Å². The van der Waals surface area contributed by atoms with E-state index in [1.165, 1.54) is 57.2 Å². The molecule has 0 radical (unpaired) electrons. The molecule has 0 spiro atoms. The zero-order valence-corrected chi connectivity index (χ0v) is 13.0. The Morgan fingerprint density at radius 2 is 1.89 bits per heavy atom. The third-order valence-electron chi connectivity index (χ3n) is 4.20. The van der Waals surface area contributed by atoms with E-state index in [-0.39, 0.29) is 0 Å². The summed E-state index contributed by atoms with van der Waals surface area (Å²) in [6.07, 6.45) is 8.21. The highest BCUT2D eigenvalue weighted by Gasteiger charge is 2.24. The molecule has 1 aliphatic rings. The molecule has 0 heterocycles. The van der Waals surface area contributed by atoms with Crippen LogP contribution in [0.4, 0.5) is 0 Å². The first kappa shape index (κ1) is 15.8. The fourth-order valence-electron chi connectivity index (χ4n) is 2.87. The van der Waals surface area contributed by atoms with Gasteiger partial charge >= 0.3 is 0 Å². The summed E-state index contributed by atoms with van der Waals surface area (Å²) in [6.45, 7) is 15.8. The summed E-state index contributed by atoms with van der Waals surface area (Å²) >= 11 is 0. The molecule has 1 rings (SSSR count). The van der Waals surface area contributed by atoms with Gasteiger partial charge in [0.25, 0.3) is 0 Å². The molecule has 106 valence electrons. The van der Waals surface area contributed by atoms with Crippen molar-refractivity contribution in [3.63, 3.8) is 0 Å². The Morgan fingerprint density at radius 3 is 2.33 bits per heavy atom. The zero-order valence-electron chi connectivity index (χ0n) is 13.0. The minimum absolute atomic E-state index is 0.840. The van der Waals surface area contributed by atoms with E-state index >= 15 is 0 Å². The molecule has 0 amide bonds. The number of hydrogen-bond acceptors (Lipinski definition) is 1. The van der Waals surface area contributed by atoms with Crippen molar-refractivity contribution in [2.45, 2.75) is 72.3 Å². The van der Waals surface area contributed by atoms with Crippen molar-refractivity contribution >= 4 is 0 Å². The van der Waals surface area contributed by atoms with Gasteiger partial charge in [-0.2, -0.15) is 0 Å². The van der Waals surface area contributed by atoms with Crippen LogP contribution in [0, 0.1) is 11.8 Å². The summed E-state index contributed by atoms with van der Waals surface area (Å²) in [5.74, 6) is 1.71. The monoisotopic (exact) mass is 251 g/mol. The second-order valence-electron chi connectivity index (χ2n) is 6.85. The van der Waals surface area contributed by atoms with Crippen molar-refractivity contribution in [2.24, 2.45) is 11.8 Å². The minimum atomic E-state index is 0.840. The van der Waals surface area contributed by atoms with Gasteiger partial charge in [-0.05, 0) is 57.4 Å². The average molecular weight is 251 g/mol. The maximum atomic E-state index is 4.04. The number of nitrogens with zero attached hydrogens (tertiary/aromatic N) is 1. The van der Waals surface area contributed by atoms with Gasteiger partial charge in [0.15, 0.2) is 0 Å². The van der Waals surface area contributed by atoms with Gasteiger partial charge in [-0.1, -0.05) is 32.8 Å². The van der Waals surface area contributed by atoms with Crippen molar-refractivity contribution < 1.29 is 0 Å². The van der Waals surface area contributed by atoms with E-state index in [0.29, 0.717) is 0 Å². The quantitative estimate of drug-likeness (QED) is 0.528. The molecular formula is C17H33N. The van der Waals surface area contributed by atoms with Crippen LogP contribution in [-0.2, 0) is 0 Å². The molecule has 18 heavy (non-hydrogen) atoms. The molecule has 1 atom stereocenters. The van der Waals surface area contributed by atoms with E-state index in [0.717, 1.165) is 17.9 Å². The van der Waals surface area contributed by atoms with E-state index < -0.39 is 0 Å². The van der Waals surface area contributed by atoms with Gasteiger partial charge in [0.05, 0.1) is 0 Å². The Kier molecular flexibility index (Phi) is 6.99. The highest BCUT2D eigenvalue weighted by Crippen LogP contribution is 2.26. The van der Waals surface area contributed by atoms with Crippen LogP contribution in [0.1, 0.15) is 66.2 Å². The molecule has 0 aliphatic heterocycles. The predicted molar refractivity (Wildman–Crippen MR) is 81.9 cm³/mol. The van der Waals surface area contributed by atoms with E-state index in [4.69, 9.17) is 0 Å². The van der Waals surface area contributed by atoms with Crippen LogP contribution in [0.3, 0.4) is 0 Å². The van der Waals surface area contributed by atoms with Gasteiger partial charge in [0.2, 0.25) is 0 Å². The molecule has 0 saturated heterocycles. The minimum Gasteiger partial charge on any atom is -0.300 e. The highest BCUT2D eigenvalue weighted by molar-refractivity contribution is 4.90. The zero-order chi connectivity index (χ0) is 13.5. The first-order chi connectivity index (χ1) is 8.49. The molecule has 1 nitrogen and oxygen atoms in total. The SMILES string of the molecule is C=C(C)CCN(CCC(C)CC(C)C)C1CCC1. The van der Waals surface area contributed by atoms with Crippen LogP contribution in [0.25, 0.3) is 0 Å². The molecule has 1 saturated carbocycles. The standard InChI is InChI=1S/C17H33N/c1-14(2)9-11-18(17-7-6-8-17)12-10-16(5)13-15(3)4/h15-17H,1,6-13H2,2-5H3. The van der Waals surface area contributed by atoms with E-state index in [1.807, 2.05) is 0 Å². The molecule has 1 heteroatoms. The van der Waals surface area contributed by atoms with Gasteiger partial charge in [-0.3, -0.25) is 0 Å². The molecule has 1 aliphatic carbocycles. The van der Waals surface area contributed by atoms with Crippen LogP contribution >= 0.6 is 0 Å². The normalized spacial score (nSPS) is 18.1. The summed E-state index contributed by atoms with van der Waals surface area (Å²) < 4.78 is 0. The topological polar surface area (TPSA) is 3.24 Å². The first-order valence-electron chi connectivity index (χ1n) is 7.87. The third-order valence-corrected chi connectivity index (χ3v) is 4.20. The van der Waals surface area contributed by atoms with Crippen molar-refractivity contribution in [1.82, 2.24) is 4.90 Å². The van der Waals surface area contributed by atoms with Crippen molar-refractivity contribution in [1.29, 1.82) is 0 Å². The van der Waals surface area contributed by atoms with Crippen LogP contribution in [0.15, 0.2) is 12.2 Å². The molecule has 0 aromatic rings. The number of hydrogen-bond donors (Lipinski definition) is 0. The van der Waals surface area contributed by atoms with Crippen molar-refractivity contribution in [2.75, 3.05) is 13.1 Å². The van der Waals surface area contributed by atoms with Crippen LogP contribution in [-0.4, -0.2) is 24.0 Å². The Morgan fingerprint density at radius 1 is 1.22 bits per heavy atom. The highest BCUT2D eigenvalue weighted by atomic mass is 15.2. The molecule has 1 unspecified atom stereocenters. The molecular weight excluding hydrogens is 218 g/mol. The lowest BCUT2D eigenvalue weighted by atomic mass is 9.90. The second-order valence-corrected chi connectivity index (χ2v) is 6.85. The molecule has 0 bridgehead atoms. The number of rotatable bonds is 9. The van der Waals surface area contributed by atoms with Crippen LogP contribution in [0.5, 0.6) is 0 Å². The smallest absolute Gasteiger partial charge is 0.00954 e. The van der Waals surface area contributed by atoms with Gasteiger partial charge in [0, 0.05) is 12.6 Å².